The molecular weight excluding hydrogens is 587 g/mol. The van der Waals surface area contributed by atoms with E-state index in [4.69, 9.17) is 5.73 Å². The van der Waals surface area contributed by atoms with Crippen molar-refractivity contribution in [2.45, 2.75) is 37.1 Å². The number of rotatable bonds is 5. The molecule has 0 aromatic heterocycles. The van der Waals surface area contributed by atoms with Crippen LogP contribution in [0.3, 0.4) is 0 Å². The number of alkyl halides is 3. The minimum absolute atomic E-state index is 0.0380. The molecule has 5 atom stereocenters. The van der Waals surface area contributed by atoms with Crippen molar-refractivity contribution >= 4 is 23.0 Å². The number of nitrogens with two attached hydrogens (primary N) is 1. The highest BCUT2D eigenvalue weighted by atomic mass is 19.4. The van der Waals surface area contributed by atoms with Crippen molar-refractivity contribution in [3.05, 3.63) is 58.4 Å². The number of nitrogens with zero attached hydrogens (tertiary/aromatic N) is 2. The molecule has 44 heavy (non-hydrogen) atoms. The number of aliphatic hydroxyl groups is 4. The zero-order chi connectivity index (χ0) is 32.6. The lowest BCUT2D eigenvalue weighted by Gasteiger charge is -2.50. The average Bonchev–Trinajstić information content (AvgIpc) is 2.90. The van der Waals surface area contributed by atoms with Crippen molar-refractivity contribution in [2.24, 2.45) is 17.6 Å². The number of hydrogen-bond acceptors (Lipinski definition) is 11. The summed E-state index contributed by atoms with van der Waals surface area (Å²) in [7, 11) is 6.51. The Morgan fingerprint density at radius 1 is 1.07 bits per heavy atom. The molecule has 1 fully saturated rings. The van der Waals surface area contributed by atoms with Crippen molar-refractivity contribution in [2.75, 3.05) is 33.1 Å². The van der Waals surface area contributed by atoms with Crippen LogP contribution in [0.1, 0.15) is 17.5 Å². The second kappa shape index (κ2) is 10.5. The van der Waals surface area contributed by atoms with Crippen LogP contribution in [-0.2, 0) is 16.0 Å². The number of phenolic OH excluding ortho intramolecular Hbond substituents is 1. The number of carbonyl (C=O) groups excluding carboxylic acids is 2. The Morgan fingerprint density at radius 2 is 1.68 bits per heavy atom. The molecule has 0 saturated heterocycles. The number of aliphatic hydroxyl groups excluding tert-OH is 3. The molecule has 236 valence electrons. The van der Waals surface area contributed by atoms with Gasteiger partial charge in [-0.05, 0) is 62.2 Å². The average molecular weight is 620 g/mol. The van der Waals surface area contributed by atoms with Crippen molar-refractivity contribution in [1.82, 2.24) is 4.90 Å². The van der Waals surface area contributed by atoms with E-state index in [0.29, 0.717) is 11.3 Å². The van der Waals surface area contributed by atoms with E-state index in [9.17, 15) is 48.3 Å². The van der Waals surface area contributed by atoms with Crippen LogP contribution >= 0.6 is 0 Å². The van der Waals surface area contributed by atoms with Crippen LogP contribution in [0.5, 0.6) is 11.5 Å². The molecule has 1 unspecified atom stereocenters. The number of ketones is 2. The molecule has 14 heteroatoms. The molecule has 2 aromatic rings. The minimum Gasteiger partial charge on any atom is -0.508 e. The van der Waals surface area contributed by atoms with Crippen molar-refractivity contribution in [3.63, 3.8) is 0 Å². The molecule has 0 spiro atoms. The smallest absolute Gasteiger partial charge is 0.508 e. The number of benzene rings is 2. The summed E-state index contributed by atoms with van der Waals surface area (Å²) in [5, 5.41) is 56.0. The summed E-state index contributed by atoms with van der Waals surface area (Å²) in [4.78, 5) is 30.6. The molecule has 5 rings (SSSR count). The van der Waals surface area contributed by atoms with E-state index in [1.54, 1.807) is 39.2 Å². The summed E-state index contributed by atoms with van der Waals surface area (Å²) in [5.74, 6) is -6.47. The molecule has 11 nitrogen and oxygen atoms in total. The third-order valence-electron chi connectivity index (χ3n) is 8.66. The summed E-state index contributed by atoms with van der Waals surface area (Å²) in [5.41, 5.74) is 3.09. The fourth-order valence-corrected chi connectivity index (χ4v) is 6.82. The molecule has 0 amide bonds. The summed E-state index contributed by atoms with van der Waals surface area (Å²) in [6.07, 6.45) is -6.85. The summed E-state index contributed by atoms with van der Waals surface area (Å²) in [6.45, 7) is 0. The predicted molar refractivity (Wildman–Crippen MR) is 152 cm³/mol. The Kier molecular flexibility index (Phi) is 7.48. The van der Waals surface area contributed by atoms with Crippen LogP contribution < -0.4 is 15.4 Å². The number of hydrogen-bond donors (Lipinski definition) is 6. The van der Waals surface area contributed by atoms with Gasteiger partial charge in [0.25, 0.3) is 0 Å². The van der Waals surface area contributed by atoms with Crippen molar-refractivity contribution < 1.29 is 53.0 Å². The van der Waals surface area contributed by atoms with Gasteiger partial charge in [-0.15, -0.1) is 13.2 Å². The summed E-state index contributed by atoms with van der Waals surface area (Å²) in [6, 6.07) is 5.17. The molecular formula is C30H32F3N3O8. The van der Waals surface area contributed by atoms with Gasteiger partial charge in [-0.3, -0.25) is 14.5 Å². The van der Waals surface area contributed by atoms with Crippen molar-refractivity contribution in [3.8, 4) is 22.6 Å². The molecule has 0 heterocycles. The zero-order valence-corrected chi connectivity index (χ0v) is 24.2. The maximum absolute atomic E-state index is 14.1. The van der Waals surface area contributed by atoms with Gasteiger partial charge in [0.05, 0.1) is 17.2 Å². The second-order valence-electron chi connectivity index (χ2n) is 11.7. The van der Waals surface area contributed by atoms with E-state index < -0.39 is 76.2 Å². The number of anilines is 1. The highest BCUT2D eigenvalue weighted by Crippen LogP contribution is 2.55. The molecule has 3 aliphatic rings. The number of halogens is 3. The van der Waals surface area contributed by atoms with Crippen molar-refractivity contribution in [1.29, 1.82) is 0 Å². The molecule has 2 aromatic carbocycles. The number of ether oxygens (including phenoxy) is 1. The molecule has 1 saturated carbocycles. The van der Waals surface area contributed by atoms with Gasteiger partial charge in [-0.25, -0.2) is 0 Å². The number of likely N-dealkylation sites (N-methyl/N-ethyl adjacent to an activating group) is 1. The van der Waals surface area contributed by atoms with Gasteiger partial charge in [0.1, 0.15) is 29.2 Å². The number of Topliss-reactive ketones (excluding diaryl/α,β-unsaturated/α-hetero) is 2. The van der Waals surface area contributed by atoms with E-state index in [0.717, 1.165) is 12.1 Å². The van der Waals surface area contributed by atoms with Crippen LogP contribution in [0.15, 0.2) is 47.2 Å². The highest BCUT2D eigenvalue weighted by molar-refractivity contribution is 6.14. The lowest BCUT2D eigenvalue weighted by atomic mass is 9.57. The van der Waals surface area contributed by atoms with Gasteiger partial charge in [0, 0.05) is 36.8 Å². The van der Waals surface area contributed by atoms with Gasteiger partial charge in [0.15, 0.2) is 11.4 Å². The Labute approximate surface area is 249 Å². The maximum Gasteiger partial charge on any atom is 0.573 e. The Hall–Kier alpha value is -4.11. The number of carbonyl (C=O) groups is 2. The van der Waals surface area contributed by atoms with Gasteiger partial charge < -0.3 is 40.9 Å². The Bertz CT molecular complexity index is 1610. The van der Waals surface area contributed by atoms with E-state index in [1.807, 2.05) is 0 Å². The third-order valence-corrected chi connectivity index (χ3v) is 8.66. The van der Waals surface area contributed by atoms with E-state index in [-0.39, 0.29) is 35.1 Å². The first-order valence-corrected chi connectivity index (χ1v) is 13.6. The lowest BCUT2D eigenvalue weighted by molar-refractivity contribution is -0.274. The van der Waals surface area contributed by atoms with Crippen LogP contribution in [-0.4, -0.2) is 94.4 Å². The third kappa shape index (κ3) is 4.69. The van der Waals surface area contributed by atoms with Crippen LogP contribution in [0.2, 0.25) is 0 Å². The number of fused-ring (bicyclic) bond motifs is 3. The molecule has 3 aliphatic carbocycles. The van der Waals surface area contributed by atoms with E-state index in [1.165, 1.54) is 17.0 Å². The Morgan fingerprint density at radius 3 is 2.20 bits per heavy atom. The Balaban J connectivity index is 1.70. The SMILES string of the molecule is CN(C)c1cc(-c2ccc(OC(F)(F)F)cc2)c(O)c2c1C[C@H]1C[C@H]3[C@H](N(C)C)C(=O)C(C(N)O)=C(O)[C@@]3(O)C(=O)C1=C2O. The molecule has 0 radical (unpaired) electrons. The maximum atomic E-state index is 14.1. The fraction of sp³-hybridized carbons (Fsp3) is 0.400. The van der Waals surface area contributed by atoms with Gasteiger partial charge in [0.2, 0.25) is 5.78 Å². The molecule has 0 aliphatic heterocycles. The lowest BCUT2D eigenvalue weighted by Crippen LogP contribution is -2.66. The van der Waals surface area contributed by atoms with Gasteiger partial charge >= 0.3 is 6.36 Å². The summed E-state index contributed by atoms with van der Waals surface area (Å²) < 4.78 is 41.9. The predicted octanol–water partition coefficient (Wildman–Crippen LogP) is 2.39. The summed E-state index contributed by atoms with van der Waals surface area (Å²) >= 11 is 0. The minimum atomic E-state index is -4.90. The first-order chi connectivity index (χ1) is 20.4. The monoisotopic (exact) mass is 619 g/mol. The van der Waals surface area contributed by atoms with E-state index in [2.05, 4.69) is 4.74 Å². The van der Waals surface area contributed by atoms with Gasteiger partial charge in [-0.1, -0.05) is 12.1 Å². The highest BCUT2D eigenvalue weighted by Gasteiger charge is 2.64. The van der Waals surface area contributed by atoms with E-state index >= 15 is 0 Å². The quantitative estimate of drug-likeness (QED) is 0.271. The molecule has 0 bridgehead atoms. The van der Waals surface area contributed by atoms with Gasteiger partial charge in [-0.2, -0.15) is 0 Å². The fourth-order valence-electron chi connectivity index (χ4n) is 6.82. The number of aromatic hydroxyl groups is 1. The topological polar surface area (TPSA) is 177 Å². The largest absolute Gasteiger partial charge is 0.573 e. The molecule has 7 N–H and O–H groups in total. The standard InChI is InChI=1S/C30H32F3N3O8/c1-35(2)18-11-15(12-5-7-14(8-6-12)44-30(31,32)33)23(37)20-16(18)9-13-10-17-22(36(3)4)25(39)21(28(34)42)27(41)29(17,43)26(40)19(13)24(20)38/h5-8,11,13,17,22,28,37-38,41-43H,9-10,34H2,1-4H3/t13-,17-,22-,28?,29-/m0/s1. The zero-order valence-electron chi connectivity index (χ0n) is 24.2. The van der Waals surface area contributed by atoms with Crippen LogP contribution in [0, 0.1) is 11.8 Å². The second-order valence-corrected chi connectivity index (χ2v) is 11.7. The van der Waals surface area contributed by atoms with Crippen LogP contribution in [0.4, 0.5) is 18.9 Å². The van der Waals surface area contributed by atoms with Crippen LogP contribution in [0.25, 0.3) is 16.9 Å². The number of phenols is 1. The first-order valence-electron chi connectivity index (χ1n) is 13.6. The normalized spacial score (nSPS) is 25.9. The first kappa shape index (κ1) is 31.3.